The molecule has 2 N–H and O–H groups in total. The van der Waals surface area contributed by atoms with Crippen LogP contribution in [0.1, 0.15) is 27.2 Å². The van der Waals surface area contributed by atoms with Crippen molar-refractivity contribution in [3.05, 3.63) is 12.2 Å². The van der Waals surface area contributed by atoms with Gasteiger partial charge in [0, 0.05) is 26.1 Å². The molecule has 6 nitrogen and oxygen atoms in total. The Labute approximate surface area is 119 Å². The predicted octanol–water partition coefficient (Wildman–Crippen LogP) is 0.630. The topological polar surface area (TPSA) is 84.5 Å². The van der Waals surface area contributed by atoms with Crippen molar-refractivity contribution in [1.82, 2.24) is 10.6 Å². The van der Waals surface area contributed by atoms with E-state index in [9.17, 15) is 14.4 Å². The Morgan fingerprint density at radius 3 is 2.35 bits per heavy atom. The van der Waals surface area contributed by atoms with Gasteiger partial charge in [-0.05, 0) is 12.3 Å². The second-order valence-corrected chi connectivity index (χ2v) is 4.93. The third-order valence-corrected chi connectivity index (χ3v) is 2.57. The second-order valence-electron chi connectivity index (χ2n) is 4.93. The van der Waals surface area contributed by atoms with E-state index in [4.69, 9.17) is 0 Å². The summed E-state index contributed by atoms with van der Waals surface area (Å²) in [4.78, 5) is 33.8. The van der Waals surface area contributed by atoms with Crippen LogP contribution in [0.3, 0.4) is 0 Å². The van der Waals surface area contributed by atoms with Crippen molar-refractivity contribution in [3.63, 3.8) is 0 Å². The smallest absolute Gasteiger partial charge is 0.330 e. The number of hydrogen-bond donors (Lipinski definition) is 2. The second kappa shape index (κ2) is 10.00. The largest absolute Gasteiger partial charge is 0.466 e. The molecule has 0 rings (SSSR count). The highest BCUT2D eigenvalue weighted by atomic mass is 16.5. The molecule has 0 aliphatic heterocycles. The van der Waals surface area contributed by atoms with E-state index in [1.165, 1.54) is 26.2 Å². The van der Waals surface area contributed by atoms with Gasteiger partial charge in [0.15, 0.2) is 0 Å². The fraction of sp³-hybridized carbons (Fsp3) is 0.643. The van der Waals surface area contributed by atoms with Gasteiger partial charge in [0.2, 0.25) is 11.8 Å². The van der Waals surface area contributed by atoms with E-state index < -0.39 is 5.97 Å². The molecule has 0 heterocycles. The maximum atomic E-state index is 12.0. The first-order chi connectivity index (χ1) is 9.36. The first-order valence-electron chi connectivity index (χ1n) is 6.63. The lowest BCUT2D eigenvalue weighted by molar-refractivity contribution is -0.135. The molecule has 114 valence electrons. The van der Waals surface area contributed by atoms with Crippen LogP contribution >= 0.6 is 0 Å². The molecule has 0 saturated carbocycles. The molecule has 1 atom stereocenters. The summed E-state index contributed by atoms with van der Waals surface area (Å²) in [5.74, 6) is -0.675. The van der Waals surface area contributed by atoms with Crippen LogP contribution in [0.25, 0.3) is 0 Å². The molecule has 0 saturated heterocycles. The van der Waals surface area contributed by atoms with Crippen molar-refractivity contribution < 1.29 is 19.1 Å². The van der Waals surface area contributed by atoms with Gasteiger partial charge in [-0.3, -0.25) is 9.59 Å². The van der Waals surface area contributed by atoms with E-state index in [0.717, 1.165) is 0 Å². The minimum atomic E-state index is -0.462. The van der Waals surface area contributed by atoms with Gasteiger partial charge in [0.1, 0.15) is 0 Å². The van der Waals surface area contributed by atoms with Gasteiger partial charge in [-0.15, -0.1) is 0 Å². The Bertz CT molecular complexity index is 364. The zero-order valence-electron chi connectivity index (χ0n) is 12.6. The van der Waals surface area contributed by atoms with E-state index in [-0.39, 0.29) is 24.3 Å². The predicted molar refractivity (Wildman–Crippen MR) is 75.8 cm³/mol. The third-order valence-electron chi connectivity index (χ3n) is 2.57. The monoisotopic (exact) mass is 284 g/mol. The minimum absolute atomic E-state index is 0.137. The van der Waals surface area contributed by atoms with Crippen LogP contribution in [0.2, 0.25) is 0 Å². The van der Waals surface area contributed by atoms with Gasteiger partial charge >= 0.3 is 5.97 Å². The van der Waals surface area contributed by atoms with Crippen molar-refractivity contribution >= 4 is 17.8 Å². The highest BCUT2D eigenvalue weighted by molar-refractivity contribution is 5.82. The van der Waals surface area contributed by atoms with Gasteiger partial charge in [0.05, 0.1) is 13.0 Å². The lowest BCUT2D eigenvalue weighted by Crippen LogP contribution is -2.39. The summed E-state index contributed by atoms with van der Waals surface area (Å²) in [5.41, 5.74) is 0. The molecule has 0 radical (unpaired) electrons. The molecule has 0 aliphatic carbocycles. The molecule has 20 heavy (non-hydrogen) atoms. The van der Waals surface area contributed by atoms with Crippen LogP contribution in [0, 0.1) is 11.8 Å². The van der Waals surface area contributed by atoms with Gasteiger partial charge < -0.3 is 15.4 Å². The van der Waals surface area contributed by atoms with Crippen LogP contribution in [0.4, 0.5) is 0 Å². The van der Waals surface area contributed by atoms with E-state index >= 15 is 0 Å². The van der Waals surface area contributed by atoms with Crippen molar-refractivity contribution in [2.24, 2.45) is 11.8 Å². The number of ether oxygens (including phenoxy) is 1. The average molecular weight is 284 g/mol. The molecule has 0 bridgehead atoms. The van der Waals surface area contributed by atoms with E-state index in [2.05, 4.69) is 15.4 Å². The average Bonchev–Trinajstić information content (AvgIpc) is 2.38. The zero-order chi connectivity index (χ0) is 15.5. The summed E-state index contributed by atoms with van der Waals surface area (Å²) in [6, 6.07) is 0. The number of methoxy groups -OCH3 is 1. The number of esters is 1. The third kappa shape index (κ3) is 9.13. The maximum Gasteiger partial charge on any atom is 0.330 e. The Hall–Kier alpha value is -1.85. The highest BCUT2D eigenvalue weighted by Crippen LogP contribution is 2.11. The van der Waals surface area contributed by atoms with Crippen LogP contribution in [-0.4, -0.2) is 38.0 Å². The number of nitrogens with one attached hydrogen (secondary N) is 2. The molecule has 1 unspecified atom stereocenters. The van der Waals surface area contributed by atoms with Crippen molar-refractivity contribution in [3.8, 4) is 0 Å². The van der Waals surface area contributed by atoms with Crippen LogP contribution in [-0.2, 0) is 19.1 Å². The molecule has 2 amide bonds. The molecule has 0 aromatic heterocycles. The lowest BCUT2D eigenvalue weighted by atomic mass is 9.96. The Balaban J connectivity index is 4.28. The minimum Gasteiger partial charge on any atom is -0.466 e. The lowest BCUT2D eigenvalue weighted by Gasteiger charge is -2.18. The Morgan fingerprint density at radius 2 is 1.85 bits per heavy atom. The molecule has 6 heteroatoms. The van der Waals surface area contributed by atoms with Gasteiger partial charge in [-0.25, -0.2) is 4.79 Å². The number of rotatable bonds is 8. The maximum absolute atomic E-state index is 12.0. The summed E-state index contributed by atoms with van der Waals surface area (Å²) < 4.78 is 4.44. The summed E-state index contributed by atoms with van der Waals surface area (Å²) in [7, 11) is 1.29. The van der Waals surface area contributed by atoms with Gasteiger partial charge in [-0.1, -0.05) is 19.9 Å². The van der Waals surface area contributed by atoms with E-state index in [1.54, 1.807) is 0 Å². The fourth-order valence-corrected chi connectivity index (χ4v) is 1.65. The number of amides is 2. The molecular formula is C14H24N2O4. The molecule has 0 fully saturated rings. The molecule has 0 aromatic carbocycles. The zero-order valence-corrected chi connectivity index (χ0v) is 12.6. The first kappa shape index (κ1) is 18.1. The quantitative estimate of drug-likeness (QED) is 0.506. The molecule has 0 aromatic rings. The van der Waals surface area contributed by atoms with Crippen LogP contribution in [0.5, 0.6) is 0 Å². The van der Waals surface area contributed by atoms with Crippen LogP contribution in [0.15, 0.2) is 12.2 Å². The summed E-state index contributed by atoms with van der Waals surface area (Å²) in [6.07, 6.45) is 3.47. The normalized spacial score (nSPS) is 12.2. The summed E-state index contributed by atoms with van der Waals surface area (Å²) in [6.45, 7) is 6.03. The van der Waals surface area contributed by atoms with E-state index in [1.807, 2.05) is 13.8 Å². The fourth-order valence-electron chi connectivity index (χ4n) is 1.65. The van der Waals surface area contributed by atoms with Crippen molar-refractivity contribution in [2.75, 3.05) is 20.2 Å². The van der Waals surface area contributed by atoms with E-state index in [0.29, 0.717) is 18.9 Å². The molecular weight excluding hydrogens is 260 g/mol. The SMILES string of the molecule is COC(=O)/C=C/CNC(=O)C(CNC(C)=O)CC(C)C. The number of carbonyl (C=O) groups excluding carboxylic acids is 3. The van der Waals surface area contributed by atoms with Crippen molar-refractivity contribution in [1.29, 1.82) is 0 Å². The van der Waals surface area contributed by atoms with Gasteiger partial charge in [-0.2, -0.15) is 0 Å². The summed E-state index contributed by atoms with van der Waals surface area (Å²) in [5, 5.41) is 5.36. The Morgan fingerprint density at radius 1 is 1.20 bits per heavy atom. The van der Waals surface area contributed by atoms with Crippen LogP contribution < -0.4 is 10.6 Å². The van der Waals surface area contributed by atoms with Gasteiger partial charge in [0.25, 0.3) is 0 Å². The standard InChI is InChI=1S/C14H24N2O4/c1-10(2)8-12(9-16-11(3)17)14(19)15-7-5-6-13(18)20-4/h5-6,10,12H,7-9H2,1-4H3,(H,15,19)(H,16,17)/b6-5+. The number of carbonyl (C=O) groups is 3. The molecule has 0 spiro atoms. The molecule has 0 aliphatic rings. The first-order valence-corrected chi connectivity index (χ1v) is 6.63. The number of hydrogen-bond acceptors (Lipinski definition) is 4. The Kier molecular flexibility index (Phi) is 9.07. The van der Waals surface area contributed by atoms with Crippen molar-refractivity contribution in [2.45, 2.75) is 27.2 Å². The summed E-state index contributed by atoms with van der Waals surface area (Å²) >= 11 is 0. The highest BCUT2D eigenvalue weighted by Gasteiger charge is 2.19.